The predicted molar refractivity (Wildman–Crippen MR) is 75.1 cm³/mol. The molecule has 0 bridgehead atoms. The first-order chi connectivity index (χ1) is 10.1. The fraction of sp³-hybridized carbons (Fsp3) is 0.467. The van der Waals surface area contributed by atoms with Crippen LogP contribution in [0.25, 0.3) is 11.4 Å². The summed E-state index contributed by atoms with van der Waals surface area (Å²) in [6, 6.07) is 4.94. The first-order valence-electron chi connectivity index (χ1n) is 7.05. The maximum atomic E-state index is 13.6. The Balaban J connectivity index is 1.72. The summed E-state index contributed by atoms with van der Waals surface area (Å²) in [5, 5.41) is 3.93. The molecular weight excluding hydrogens is 273 g/mol. The molecule has 0 saturated carbocycles. The van der Waals surface area contributed by atoms with Crippen molar-refractivity contribution in [2.45, 2.75) is 26.5 Å². The second kappa shape index (κ2) is 5.91. The average molecular weight is 291 g/mol. The van der Waals surface area contributed by atoms with Crippen LogP contribution < -0.4 is 0 Å². The summed E-state index contributed by atoms with van der Waals surface area (Å²) in [7, 11) is 0. The third-order valence-electron chi connectivity index (χ3n) is 3.58. The van der Waals surface area contributed by atoms with Gasteiger partial charge in [0, 0.05) is 18.7 Å². The highest BCUT2D eigenvalue weighted by Gasteiger charge is 2.19. The molecule has 1 aliphatic heterocycles. The van der Waals surface area contributed by atoms with E-state index < -0.39 is 0 Å². The highest BCUT2D eigenvalue weighted by atomic mass is 19.1. The van der Waals surface area contributed by atoms with Gasteiger partial charge in [-0.1, -0.05) is 17.3 Å². The summed E-state index contributed by atoms with van der Waals surface area (Å²) in [4.78, 5) is 6.55. The number of morpholine rings is 1. The van der Waals surface area contributed by atoms with Gasteiger partial charge in [-0.3, -0.25) is 4.90 Å². The lowest BCUT2D eigenvalue weighted by atomic mass is 10.1. The van der Waals surface area contributed by atoms with E-state index in [1.54, 1.807) is 19.1 Å². The van der Waals surface area contributed by atoms with Crippen molar-refractivity contribution in [3.05, 3.63) is 35.5 Å². The normalized spacial score (nSPS) is 19.9. The van der Waals surface area contributed by atoms with E-state index in [0.717, 1.165) is 13.1 Å². The van der Waals surface area contributed by atoms with Crippen molar-refractivity contribution in [2.75, 3.05) is 19.7 Å². The summed E-state index contributed by atoms with van der Waals surface area (Å²) < 4.78 is 24.3. The van der Waals surface area contributed by atoms with E-state index >= 15 is 0 Å². The lowest BCUT2D eigenvalue weighted by molar-refractivity contribution is -0.0240. The van der Waals surface area contributed by atoms with Crippen molar-refractivity contribution in [1.82, 2.24) is 15.0 Å². The smallest absolute Gasteiger partial charge is 0.241 e. The molecule has 6 heteroatoms. The van der Waals surface area contributed by atoms with Gasteiger partial charge in [-0.05, 0) is 25.5 Å². The molecule has 0 N–H and O–H groups in total. The van der Waals surface area contributed by atoms with Crippen LogP contribution in [0.3, 0.4) is 0 Å². The lowest BCUT2D eigenvalue weighted by Crippen LogP contribution is -2.40. The van der Waals surface area contributed by atoms with Gasteiger partial charge < -0.3 is 9.26 Å². The number of nitrogens with zero attached hydrogens (tertiary/aromatic N) is 3. The number of aromatic nitrogens is 2. The molecule has 21 heavy (non-hydrogen) atoms. The number of hydrogen-bond donors (Lipinski definition) is 0. The van der Waals surface area contributed by atoms with Crippen LogP contribution in [-0.2, 0) is 11.3 Å². The Morgan fingerprint density at radius 1 is 1.43 bits per heavy atom. The number of hydrogen-bond acceptors (Lipinski definition) is 5. The van der Waals surface area contributed by atoms with Gasteiger partial charge in [0.15, 0.2) is 0 Å². The van der Waals surface area contributed by atoms with Crippen LogP contribution in [0.5, 0.6) is 0 Å². The minimum absolute atomic E-state index is 0.215. The molecule has 5 nitrogen and oxygen atoms in total. The molecule has 1 aromatic carbocycles. The predicted octanol–water partition coefficient (Wildman–Crippen LogP) is 2.40. The Morgan fingerprint density at radius 3 is 3.05 bits per heavy atom. The SMILES string of the molecule is Cc1ccc(-c2noc(CN3CCOC(C)C3)n2)cc1F. The topological polar surface area (TPSA) is 51.4 Å². The minimum Gasteiger partial charge on any atom is -0.376 e. The van der Waals surface area contributed by atoms with Gasteiger partial charge in [0.2, 0.25) is 11.7 Å². The second-order valence-corrected chi connectivity index (χ2v) is 5.39. The highest BCUT2D eigenvalue weighted by molar-refractivity contribution is 5.54. The molecule has 3 rings (SSSR count). The van der Waals surface area contributed by atoms with Crippen molar-refractivity contribution >= 4 is 0 Å². The summed E-state index contributed by atoms with van der Waals surface area (Å²) in [6.45, 7) is 6.76. The Kier molecular flexibility index (Phi) is 3.98. The van der Waals surface area contributed by atoms with Crippen molar-refractivity contribution in [3.8, 4) is 11.4 Å². The molecule has 0 spiro atoms. The van der Waals surface area contributed by atoms with E-state index in [-0.39, 0.29) is 11.9 Å². The van der Waals surface area contributed by atoms with E-state index in [0.29, 0.717) is 36.0 Å². The second-order valence-electron chi connectivity index (χ2n) is 5.39. The largest absolute Gasteiger partial charge is 0.376 e. The first kappa shape index (κ1) is 14.2. The van der Waals surface area contributed by atoms with E-state index in [2.05, 4.69) is 15.0 Å². The van der Waals surface area contributed by atoms with Gasteiger partial charge in [-0.25, -0.2) is 4.39 Å². The fourth-order valence-corrected chi connectivity index (χ4v) is 2.39. The summed E-state index contributed by atoms with van der Waals surface area (Å²) in [6.07, 6.45) is 0.215. The van der Waals surface area contributed by atoms with Crippen molar-refractivity contribution in [2.24, 2.45) is 0 Å². The van der Waals surface area contributed by atoms with Crippen LogP contribution in [0.4, 0.5) is 4.39 Å². The highest BCUT2D eigenvalue weighted by Crippen LogP contribution is 2.19. The van der Waals surface area contributed by atoms with Gasteiger partial charge in [-0.2, -0.15) is 4.98 Å². The third-order valence-corrected chi connectivity index (χ3v) is 3.58. The van der Waals surface area contributed by atoms with E-state index in [9.17, 15) is 4.39 Å². The zero-order valence-corrected chi connectivity index (χ0v) is 12.2. The molecule has 1 unspecified atom stereocenters. The molecule has 2 aromatic rings. The molecular formula is C15H18FN3O2. The van der Waals surface area contributed by atoms with Crippen molar-refractivity contribution < 1.29 is 13.7 Å². The summed E-state index contributed by atoms with van der Waals surface area (Å²) in [5.41, 5.74) is 1.23. The molecule has 2 heterocycles. The number of aryl methyl sites for hydroxylation is 1. The number of benzene rings is 1. The lowest BCUT2D eigenvalue weighted by Gasteiger charge is -2.29. The van der Waals surface area contributed by atoms with Gasteiger partial charge in [0.1, 0.15) is 5.82 Å². The van der Waals surface area contributed by atoms with Crippen LogP contribution in [0.15, 0.2) is 22.7 Å². The van der Waals surface area contributed by atoms with Crippen molar-refractivity contribution in [1.29, 1.82) is 0 Å². The third kappa shape index (κ3) is 3.28. The van der Waals surface area contributed by atoms with Crippen LogP contribution in [0, 0.1) is 12.7 Å². The zero-order valence-electron chi connectivity index (χ0n) is 12.2. The van der Waals surface area contributed by atoms with Crippen LogP contribution in [0.1, 0.15) is 18.4 Å². The number of halogens is 1. The monoisotopic (exact) mass is 291 g/mol. The Morgan fingerprint density at radius 2 is 2.29 bits per heavy atom. The van der Waals surface area contributed by atoms with Gasteiger partial charge in [0.05, 0.1) is 19.3 Å². The molecule has 112 valence electrons. The van der Waals surface area contributed by atoms with Gasteiger partial charge >= 0.3 is 0 Å². The van der Waals surface area contributed by atoms with E-state index in [1.165, 1.54) is 6.07 Å². The fourth-order valence-electron chi connectivity index (χ4n) is 2.39. The standard InChI is InChI=1S/C15H18FN3O2/c1-10-3-4-12(7-13(10)16)15-17-14(21-18-15)9-19-5-6-20-11(2)8-19/h3-4,7,11H,5-6,8-9H2,1-2H3. The van der Waals surface area contributed by atoms with Crippen molar-refractivity contribution in [3.63, 3.8) is 0 Å². The number of rotatable bonds is 3. The Hall–Kier alpha value is -1.79. The van der Waals surface area contributed by atoms with Gasteiger partial charge in [-0.15, -0.1) is 0 Å². The molecule has 1 aliphatic rings. The molecule has 0 aliphatic carbocycles. The molecule has 1 fully saturated rings. The van der Waals surface area contributed by atoms with Crippen LogP contribution in [-0.4, -0.2) is 40.8 Å². The van der Waals surface area contributed by atoms with E-state index in [4.69, 9.17) is 9.26 Å². The van der Waals surface area contributed by atoms with E-state index in [1.807, 2.05) is 6.92 Å². The Labute approximate surface area is 122 Å². The average Bonchev–Trinajstić information content (AvgIpc) is 2.90. The summed E-state index contributed by atoms with van der Waals surface area (Å²) >= 11 is 0. The first-order valence-corrected chi connectivity index (χ1v) is 7.05. The Bertz CT molecular complexity index is 629. The maximum absolute atomic E-state index is 13.6. The molecule has 1 atom stereocenters. The molecule has 0 radical (unpaired) electrons. The number of ether oxygens (including phenoxy) is 1. The van der Waals surface area contributed by atoms with Crippen LogP contribution >= 0.6 is 0 Å². The maximum Gasteiger partial charge on any atom is 0.241 e. The molecule has 0 amide bonds. The molecule has 1 saturated heterocycles. The summed E-state index contributed by atoms with van der Waals surface area (Å²) in [5.74, 6) is 0.700. The quantitative estimate of drug-likeness (QED) is 0.869. The van der Waals surface area contributed by atoms with Crippen LogP contribution in [0.2, 0.25) is 0 Å². The minimum atomic E-state index is -0.263. The zero-order chi connectivity index (χ0) is 14.8. The van der Waals surface area contributed by atoms with Gasteiger partial charge in [0.25, 0.3) is 0 Å². The molecule has 1 aromatic heterocycles.